The second-order valence-corrected chi connectivity index (χ2v) is 12.9. The Morgan fingerprint density at radius 3 is 2.21 bits per heavy atom. The van der Waals surface area contributed by atoms with E-state index in [1.54, 1.807) is 35.2 Å². The fourth-order valence-electron chi connectivity index (χ4n) is 4.19. The molecule has 0 saturated carbocycles. The van der Waals surface area contributed by atoms with Crippen molar-refractivity contribution in [3.05, 3.63) is 129 Å². The third-order valence-electron chi connectivity index (χ3n) is 6.36. The van der Waals surface area contributed by atoms with Crippen molar-refractivity contribution in [2.75, 3.05) is 7.11 Å². The number of amidine groups is 1. The number of halogens is 1. The van der Waals surface area contributed by atoms with Crippen molar-refractivity contribution in [3.8, 4) is 11.5 Å². The summed E-state index contributed by atoms with van der Waals surface area (Å²) in [7, 11) is -2.68. The van der Waals surface area contributed by atoms with E-state index in [4.69, 9.17) is 13.9 Å². The summed E-state index contributed by atoms with van der Waals surface area (Å²) < 4.78 is 37.2. The van der Waals surface area contributed by atoms with Crippen molar-refractivity contribution in [1.82, 2.24) is 4.90 Å². The van der Waals surface area contributed by atoms with Crippen molar-refractivity contribution >= 4 is 55.0 Å². The first-order chi connectivity index (χ1) is 20.2. The first-order valence-electron chi connectivity index (χ1n) is 13.0. The molecular formula is C32H27BrN2O5S2. The molecule has 1 heterocycles. The van der Waals surface area contributed by atoms with Crippen LogP contribution < -0.4 is 8.92 Å². The third-order valence-corrected chi connectivity index (χ3v) is 9.23. The first-order valence-corrected chi connectivity index (χ1v) is 16.0. The van der Waals surface area contributed by atoms with Gasteiger partial charge in [-0.15, -0.1) is 0 Å². The van der Waals surface area contributed by atoms with Gasteiger partial charge in [-0.25, -0.2) is 0 Å². The van der Waals surface area contributed by atoms with E-state index in [0.717, 1.165) is 16.7 Å². The van der Waals surface area contributed by atoms with Gasteiger partial charge in [0.05, 0.1) is 29.6 Å². The van der Waals surface area contributed by atoms with Crippen LogP contribution in [0.5, 0.6) is 11.5 Å². The Morgan fingerprint density at radius 2 is 1.57 bits per heavy atom. The van der Waals surface area contributed by atoms with Crippen LogP contribution in [-0.4, -0.2) is 31.5 Å². The summed E-state index contributed by atoms with van der Waals surface area (Å²) in [4.78, 5) is 20.6. The van der Waals surface area contributed by atoms with Gasteiger partial charge in [-0.2, -0.15) is 8.42 Å². The molecule has 4 aromatic carbocycles. The van der Waals surface area contributed by atoms with E-state index < -0.39 is 10.1 Å². The molecule has 0 atom stereocenters. The van der Waals surface area contributed by atoms with Crippen LogP contribution in [0.25, 0.3) is 6.08 Å². The Hall–Kier alpha value is -3.86. The average Bonchev–Trinajstić information content (AvgIpc) is 3.27. The Morgan fingerprint density at radius 1 is 0.929 bits per heavy atom. The molecule has 10 heteroatoms. The number of rotatable bonds is 9. The van der Waals surface area contributed by atoms with Gasteiger partial charge in [0.25, 0.3) is 5.91 Å². The summed E-state index contributed by atoms with van der Waals surface area (Å²) in [6.45, 7) is 2.70. The van der Waals surface area contributed by atoms with Crippen LogP contribution in [0.2, 0.25) is 0 Å². The lowest BCUT2D eigenvalue weighted by Gasteiger charge is -2.16. The lowest BCUT2D eigenvalue weighted by atomic mass is 10.1. The molecular weight excluding hydrogens is 636 g/mol. The SMILES string of the molecule is COc1cc(/C=C2/SC(=NCc3ccccc3)N(Cc3ccccc3)C2=O)cc(Br)c1OS(=O)(=O)c1ccc(C)cc1. The highest BCUT2D eigenvalue weighted by Gasteiger charge is 2.33. The fraction of sp³-hybridized carbons (Fsp3) is 0.125. The van der Waals surface area contributed by atoms with Gasteiger partial charge in [0, 0.05) is 0 Å². The zero-order valence-corrected chi connectivity index (χ0v) is 26.1. The molecule has 1 saturated heterocycles. The molecule has 1 fully saturated rings. The lowest BCUT2D eigenvalue weighted by molar-refractivity contribution is -0.122. The highest BCUT2D eigenvalue weighted by atomic mass is 79.9. The summed E-state index contributed by atoms with van der Waals surface area (Å²) in [5.41, 5.74) is 3.58. The second-order valence-electron chi connectivity index (χ2n) is 9.46. The molecule has 214 valence electrons. The molecule has 0 bridgehead atoms. The van der Waals surface area contributed by atoms with Crippen molar-refractivity contribution in [2.24, 2.45) is 4.99 Å². The monoisotopic (exact) mass is 662 g/mol. The summed E-state index contributed by atoms with van der Waals surface area (Å²) in [5, 5.41) is 0.606. The van der Waals surface area contributed by atoms with Crippen molar-refractivity contribution in [2.45, 2.75) is 24.9 Å². The van der Waals surface area contributed by atoms with E-state index in [9.17, 15) is 13.2 Å². The molecule has 0 unspecified atom stereocenters. The molecule has 4 aromatic rings. The number of nitrogens with zero attached hydrogens (tertiary/aromatic N) is 2. The van der Waals surface area contributed by atoms with Crippen LogP contribution >= 0.6 is 27.7 Å². The van der Waals surface area contributed by atoms with Crippen LogP contribution in [0.3, 0.4) is 0 Å². The van der Waals surface area contributed by atoms with E-state index in [0.29, 0.717) is 33.2 Å². The number of thioether (sulfide) groups is 1. The molecule has 0 spiro atoms. The number of benzene rings is 4. The normalized spacial score (nSPS) is 15.4. The molecule has 0 N–H and O–H groups in total. The van der Waals surface area contributed by atoms with Gasteiger partial charge in [-0.1, -0.05) is 78.4 Å². The number of aliphatic imine (C=N–C) groups is 1. The Bertz CT molecular complexity index is 1760. The molecule has 0 aromatic heterocycles. The van der Waals surface area contributed by atoms with Crippen molar-refractivity contribution < 1.29 is 22.1 Å². The van der Waals surface area contributed by atoms with E-state index in [1.165, 1.54) is 31.0 Å². The number of methoxy groups -OCH3 is 1. The van der Waals surface area contributed by atoms with Gasteiger partial charge in [-0.3, -0.25) is 14.7 Å². The van der Waals surface area contributed by atoms with Gasteiger partial charge in [0.2, 0.25) is 0 Å². The Balaban J connectivity index is 1.45. The minimum atomic E-state index is -4.11. The predicted octanol–water partition coefficient (Wildman–Crippen LogP) is 7.21. The van der Waals surface area contributed by atoms with Crippen molar-refractivity contribution in [3.63, 3.8) is 0 Å². The first kappa shape index (κ1) is 29.6. The van der Waals surface area contributed by atoms with Gasteiger partial charge >= 0.3 is 10.1 Å². The minimum absolute atomic E-state index is 0.0152. The molecule has 0 radical (unpaired) electrons. The van der Waals surface area contributed by atoms with E-state index in [-0.39, 0.29) is 22.3 Å². The highest BCUT2D eigenvalue weighted by Crippen LogP contribution is 2.41. The summed E-state index contributed by atoms with van der Waals surface area (Å²) >= 11 is 4.73. The molecule has 5 rings (SSSR count). The molecule has 1 aliphatic rings. The largest absolute Gasteiger partial charge is 0.493 e. The third kappa shape index (κ3) is 6.95. The number of ether oxygens (including phenoxy) is 1. The standard InChI is InChI=1S/C32H27BrN2O5S2/c1-22-13-15-26(16-14-22)42(37,38)40-30-27(33)17-25(18-28(30)39-2)19-29-31(36)35(21-24-11-7-4-8-12-24)32(41-29)34-20-23-9-5-3-6-10-23/h3-19H,20-21H2,1-2H3/b29-19+,34-32?. The van der Waals surface area contributed by atoms with E-state index in [2.05, 4.69) is 15.9 Å². The number of carbonyl (C=O) groups excluding carboxylic acids is 1. The Kier molecular flexibility index (Phi) is 9.15. The summed E-state index contributed by atoms with van der Waals surface area (Å²) in [6.07, 6.45) is 1.74. The number of carbonyl (C=O) groups is 1. The van der Waals surface area contributed by atoms with Crippen molar-refractivity contribution in [1.29, 1.82) is 0 Å². The second kappa shape index (κ2) is 13.0. The maximum Gasteiger partial charge on any atom is 0.339 e. The zero-order chi connectivity index (χ0) is 29.7. The molecule has 1 aliphatic heterocycles. The number of hydrogen-bond acceptors (Lipinski definition) is 7. The minimum Gasteiger partial charge on any atom is -0.493 e. The molecule has 1 amide bonds. The Labute approximate surface area is 258 Å². The van der Waals surface area contributed by atoms with Gasteiger partial charge in [0.1, 0.15) is 4.90 Å². The average molecular weight is 664 g/mol. The maximum atomic E-state index is 13.6. The smallest absolute Gasteiger partial charge is 0.339 e. The van der Waals surface area contributed by atoms with E-state index >= 15 is 0 Å². The number of hydrogen-bond donors (Lipinski definition) is 0. The number of aryl methyl sites for hydroxylation is 1. The number of amides is 1. The molecule has 0 aliphatic carbocycles. The molecule has 7 nitrogen and oxygen atoms in total. The van der Waals surface area contributed by atoms with Crippen LogP contribution in [0, 0.1) is 6.92 Å². The van der Waals surface area contributed by atoms with Gasteiger partial charge < -0.3 is 8.92 Å². The zero-order valence-electron chi connectivity index (χ0n) is 22.9. The van der Waals surface area contributed by atoms with E-state index in [1.807, 2.05) is 67.6 Å². The van der Waals surface area contributed by atoms with Crippen LogP contribution in [0.4, 0.5) is 0 Å². The maximum absolute atomic E-state index is 13.6. The summed E-state index contributed by atoms with van der Waals surface area (Å²) in [5.74, 6) is 0.0379. The van der Waals surface area contributed by atoms with Crippen LogP contribution in [0.15, 0.2) is 116 Å². The highest BCUT2D eigenvalue weighted by molar-refractivity contribution is 9.10. The van der Waals surface area contributed by atoms with Gasteiger partial charge in [0.15, 0.2) is 16.7 Å². The predicted molar refractivity (Wildman–Crippen MR) is 170 cm³/mol. The van der Waals surface area contributed by atoms with Gasteiger partial charge in [-0.05, 0) is 81.6 Å². The fourth-order valence-corrected chi connectivity index (χ4v) is 6.77. The topological polar surface area (TPSA) is 85.3 Å². The molecule has 42 heavy (non-hydrogen) atoms. The summed E-state index contributed by atoms with van der Waals surface area (Å²) in [6, 6.07) is 29.3. The quantitative estimate of drug-likeness (QED) is 0.139. The van der Waals surface area contributed by atoms with Crippen LogP contribution in [0.1, 0.15) is 22.3 Å². The van der Waals surface area contributed by atoms with Crippen LogP contribution in [-0.2, 0) is 28.0 Å². The lowest BCUT2D eigenvalue weighted by Crippen LogP contribution is -2.28.